The van der Waals surface area contributed by atoms with Gasteiger partial charge >= 0.3 is 5.97 Å². The smallest absolute Gasteiger partial charge is 0.359 e. The van der Waals surface area contributed by atoms with Gasteiger partial charge in [0.05, 0.1) is 12.3 Å². The molecule has 7 nitrogen and oxygen atoms in total. The van der Waals surface area contributed by atoms with Gasteiger partial charge in [-0.05, 0) is 67.6 Å². The highest BCUT2D eigenvalue weighted by atomic mass is 35.5. The van der Waals surface area contributed by atoms with Crippen molar-refractivity contribution in [2.24, 2.45) is 0 Å². The molecule has 1 aliphatic carbocycles. The SMILES string of the molecule is CCOC(=O)c1nn(-c2cccc(Cl)c2)c2c1CCN(c1ccc3c(c1)CNCC31CC1)C2=O. The van der Waals surface area contributed by atoms with Gasteiger partial charge in [0.2, 0.25) is 0 Å². The summed E-state index contributed by atoms with van der Waals surface area (Å²) in [6.07, 6.45) is 2.94. The Bertz CT molecular complexity index is 1330. The zero-order valence-electron chi connectivity index (χ0n) is 18.9. The number of carbonyl (C=O) groups excluding carboxylic acids is 2. The van der Waals surface area contributed by atoms with E-state index in [0.717, 1.165) is 18.8 Å². The van der Waals surface area contributed by atoms with Crippen LogP contribution in [0.3, 0.4) is 0 Å². The maximum atomic E-state index is 13.9. The first-order valence-corrected chi connectivity index (χ1v) is 12.1. The summed E-state index contributed by atoms with van der Waals surface area (Å²) in [4.78, 5) is 28.3. The van der Waals surface area contributed by atoms with E-state index in [9.17, 15) is 9.59 Å². The van der Waals surface area contributed by atoms with Crippen molar-refractivity contribution in [3.8, 4) is 5.69 Å². The average molecular weight is 477 g/mol. The molecule has 2 aliphatic heterocycles. The van der Waals surface area contributed by atoms with Gasteiger partial charge in [-0.25, -0.2) is 9.48 Å². The van der Waals surface area contributed by atoms with Crippen molar-refractivity contribution < 1.29 is 14.3 Å². The molecule has 2 aromatic carbocycles. The summed E-state index contributed by atoms with van der Waals surface area (Å²) in [6.45, 7) is 4.30. The number of nitrogens with zero attached hydrogens (tertiary/aromatic N) is 3. The molecule has 0 radical (unpaired) electrons. The fraction of sp³-hybridized carbons (Fsp3) is 0.346. The highest BCUT2D eigenvalue weighted by Crippen LogP contribution is 2.51. The Morgan fingerprint density at radius 2 is 2.06 bits per heavy atom. The van der Waals surface area contributed by atoms with Crippen LogP contribution in [0.25, 0.3) is 5.69 Å². The molecule has 1 fully saturated rings. The highest BCUT2D eigenvalue weighted by molar-refractivity contribution is 6.30. The number of rotatable bonds is 4. The number of hydrogen-bond donors (Lipinski definition) is 1. The normalized spacial score (nSPS) is 17.9. The van der Waals surface area contributed by atoms with Crippen LogP contribution in [-0.2, 0) is 23.1 Å². The van der Waals surface area contributed by atoms with Gasteiger partial charge in [-0.1, -0.05) is 23.7 Å². The Morgan fingerprint density at radius 1 is 1.21 bits per heavy atom. The molecule has 0 saturated heterocycles. The number of amides is 1. The third kappa shape index (κ3) is 3.34. The zero-order valence-corrected chi connectivity index (χ0v) is 19.7. The van der Waals surface area contributed by atoms with Gasteiger partial charge in [-0.3, -0.25) is 4.79 Å². The van der Waals surface area contributed by atoms with Crippen molar-refractivity contribution in [1.82, 2.24) is 15.1 Å². The second kappa shape index (κ2) is 7.96. The molecule has 1 N–H and O–H groups in total. The van der Waals surface area contributed by atoms with Crippen molar-refractivity contribution in [1.29, 1.82) is 0 Å². The predicted molar refractivity (Wildman–Crippen MR) is 129 cm³/mol. The van der Waals surface area contributed by atoms with E-state index in [0.29, 0.717) is 34.9 Å². The third-order valence-electron chi connectivity index (χ3n) is 7.14. The van der Waals surface area contributed by atoms with Crippen LogP contribution in [0.15, 0.2) is 42.5 Å². The number of ether oxygens (including phenoxy) is 1. The van der Waals surface area contributed by atoms with Crippen LogP contribution >= 0.6 is 11.6 Å². The highest BCUT2D eigenvalue weighted by Gasteiger charge is 2.47. The summed E-state index contributed by atoms with van der Waals surface area (Å²) in [5.41, 5.74) is 5.64. The number of aromatic nitrogens is 2. The monoisotopic (exact) mass is 476 g/mol. The third-order valence-corrected chi connectivity index (χ3v) is 7.38. The maximum Gasteiger partial charge on any atom is 0.359 e. The Balaban J connectivity index is 1.43. The van der Waals surface area contributed by atoms with E-state index in [4.69, 9.17) is 16.3 Å². The number of nitrogens with one attached hydrogen (secondary N) is 1. The van der Waals surface area contributed by atoms with Gasteiger partial charge < -0.3 is 15.0 Å². The predicted octanol–water partition coefficient (Wildman–Crippen LogP) is 4.04. The zero-order chi connectivity index (χ0) is 23.4. The molecular weight excluding hydrogens is 452 g/mol. The lowest BCUT2D eigenvalue weighted by Crippen LogP contribution is -2.39. The van der Waals surface area contributed by atoms with Gasteiger partial charge in [0.1, 0.15) is 5.69 Å². The topological polar surface area (TPSA) is 76.5 Å². The number of carbonyl (C=O) groups is 2. The molecule has 6 rings (SSSR count). The number of halogens is 1. The first kappa shape index (κ1) is 21.4. The number of fused-ring (bicyclic) bond motifs is 3. The Morgan fingerprint density at radius 3 is 2.82 bits per heavy atom. The molecule has 0 atom stereocenters. The van der Waals surface area contributed by atoms with Crippen LogP contribution in [-0.4, -0.2) is 41.4 Å². The first-order chi connectivity index (χ1) is 16.5. The standard InChI is InChI=1S/C26H25ClN4O3/c1-2-34-25(33)22-20-8-11-30(18-6-7-21-16(12-18)14-28-15-26(21)9-10-26)24(32)23(20)31(29-22)19-5-3-4-17(27)13-19/h3-7,12-13,28H,2,8-11,14-15H2,1H3. The minimum Gasteiger partial charge on any atom is -0.461 e. The van der Waals surface area contributed by atoms with E-state index in [1.807, 2.05) is 6.07 Å². The number of anilines is 1. The molecule has 174 valence electrons. The fourth-order valence-corrected chi connectivity index (χ4v) is 5.49. The van der Waals surface area contributed by atoms with Crippen molar-refractivity contribution in [2.75, 3.05) is 24.6 Å². The summed E-state index contributed by atoms with van der Waals surface area (Å²) in [5.74, 6) is -0.704. The molecule has 3 aromatic rings. The Labute approximate surface area is 202 Å². The second-order valence-corrected chi connectivity index (χ2v) is 9.66. The van der Waals surface area contributed by atoms with E-state index in [1.165, 1.54) is 28.7 Å². The quantitative estimate of drug-likeness (QED) is 0.575. The van der Waals surface area contributed by atoms with Crippen LogP contribution in [0.2, 0.25) is 5.02 Å². The molecule has 1 saturated carbocycles. The average Bonchev–Trinajstić information content (AvgIpc) is 3.48. The van der Waals surface area contributed by atoms with E-state index >= 15 is 0 Å². The minimum absolute atomic E-state index is 0.186. The first-order valence-electron chi connectivity index (χ1n) is 11.7. The van der Waals surface area contributed by atoms with Crippen LogP contribution in [0, 0.1) is 0 Å². The molecule has 1 aromatic heterocycles. The van der Waals surface area contributed by atoms with Crippen LogP contribution < -0.4 is 10.2 Å². The maximum absolute atomic E-state index is 13.9. The van der Waals surface area contributed by atoms with E-state index in [2.05, 4.69) is 28.6 Å². The van der Waals surface area contributed by atoms with Gasteiger partial charge in [-0.2, -0.15) is 5.10 Å². The number of hydrogen-bond acceptors (Lipinski definition) is 5. The summed E-state index contributed by atoms with van der Waals surface area (Å²) in [6, 6.07) is 13.5. The molecule has 1 amide bonds. The largest absolute Gasteiger partial charge is 0.461 e. The summed E-state index contributed by atoms with van der Waals surface area (Å²) in [7, 11) is 0. The van der Waals surface area contributed by atoms with Crippen molar-refractivity contribution in [2.45, 2.75) is 38.1 Å². The Kier molecular flexibility index (Phi) is 5.00. The van der Waals surface area contributed by atoms with Gasteiger partial charge in [0.25, 0.3) is 5.91 Å². The van der Waals surface area contributed by atoms with Crippen molar-refractivity contribution in [3.63, 3.8) is 0 Å². The molecule has 8 heteroatoms. The Hall–Kier alpha value is -3.16. The number of esters is 1. The molecular formula is C26H25ClN4O3. The van der Waals surface area contributed by atoms with Crippen molar-refractivity contribution >= 4 is 29.2 Å². The molecule has 3 heterocycles. The molecule has 3 aliphatic rings. The van der Waals surface area contributed by atoms with Gasteiger partial charge in [-0.15, -0.1) is 0 Å². The van der Waals surface area contributed by atoms with E-state index < -0.39 is 5.97 Å². The molecule has 0 bridgehead atoms. The van der Waals surface area contributed by atoms with Crippen LogP contribution in [0.5, 0.6) is 0 Å². The van der Waals surface area contributed by atoms with Gasteiger partial charge in [0, 0.05) is 41.3 Å². The van der Waals surface area contributed by atoms with E-state index in [1.54, 1.807) is 30.0 Å². The summed E-state index contributed by atoms with van der Waals surface area (Å²) >= 11 is 6.22. The summed E-state index contributed by atoms with van der Waals surface area (Å²) in [5, 5.41) is 8.58. The second-order valence-electron chi connectivity index (χ2n) is 9.22. The molecule has 0 unspecified atom stereocenters. The lowest BCUT2D eigenvalue weighted by atomic mass is 9.87. The minimum atomic E-state index is -0.518. The lowest BCUT2D eigenvalue weighted by molar-refractivity contribution is 0.0517. The molecule has 1 spiro atoms. The number of benzene rings is 2. The molecule has 34 heavy (non-hydrogen) atoms. The van der Waals surface area contributed by atoms with Crippen LogP contribution in [0.4, 0.5) is 5.69 Å². The van der Waals surface area contributed by atoms with E-state index in [-0.39, 0.29) is 23.6 Å². The van der Waals surface area contributed by atoms with Gasteiger partial charge in [0.15, 0.2) is 5.69 Å². The lowest BCUT2D eigenvalue weighted by Gasteiger charge is -2.31. The van der Waals surface area contributed by atoms with Crippen molar-refractivity contribution in [3.05, 3.63) is 75.6 Å². The fourth-order valence-electron chi connectivity index (χ4n) is 5.30. The van der Waals surface area contributed by atoms with Crippen LogP contribution in [0.1, 0.15) is 57.4 Å². The summed E-state index contributed by atoms with van der Waals surface area (Å²) < 4.78 is 6.76.